The van der Waals surface area contributed by atoms with Crippen LogP contribution in [0, 0.1) is 6.92 Å². The van der Waals surface area contributed by atoms with Crippen molar-refractivity contribution < 1.29 is 13.2 Å². The number of fused-ring (bicyclic) bond motifs is 1. The fourth-order valence-corrected chi connectivity index (χ4v) is 5.34. The van der Waals surface area contributed by atoms with E-state index in [1.54, 1.807) is 11.0 Å². The molecule has 27 heavy (non-hydrogen) atoms. The lowest BCUT2D eigenvalue weighted by atomic mass is 10.1. The number of rotatable bonds is 3. The van der Waals surface area contributed by atoms with Crippen LogP contribution in [0.5, 0.6) is 0 Å². The molecule has 1 aliphatic heterocycles. The van der Waals surface area contributed by atoms with Gasteiger partial charge in [0, 0.05) is 31.7 Å². The summed E-state index contributed by atoms with van der Waals surface area (Å²) >= 11 is 0. The van der Waals surface area contributed by atoms with Gasteiger partial charge >= 0.3 is 0 Å². The van der Waals surface area contributed by atoms with Crippen molar-refractivity contribution in [1.29, 1.82) is 0 Å². The third kappa shape index (κ3) is 3.51. The van der Waals surface area contributed by atoms with Crippen LogP contribution in [-0.4, -0.2) is 49.7 Å². The number of hydrogen-bond donors (Lipinski definition) is 0. The predicted octanol–water partition coefficient (Wildman–Crippen LogP) is 2.63. The molecule has 2 aromatic carbocycles. The van der Waals surface area contributed by atoms with E-state index in [-0.39, 0.29) is 5.91 Å². The highest BCUT2D eigenvalue weighted by molar-refractivity contribution is 7.89. The first kappa shape index (κ1) is 18.2. The standard InChI is InChI=1S/C21H24N2O3S/c1-16-5-7-18(8-6-16)21(24)22-11-13-23(14-12-22)27(25,26)20-10-9-17-3-2-4-19(17)15-20/h5-10,15H,2-4,11-14H2,1H3. The van der Waals surface area contributed by atoms with Gasteiger partial charge in [-0.05, 0) is 61.6 Å². The average Bonchev–Trinajstić information content (AvgIpc) is 3.16. The monoisotopic (exact) mass is 384 g/mol. The second-order valence-corrected chi connectivity index (χ2v) is 9.28. The van der Waals surface area contributed by atoms with Crippen molar-refractivity contribution in [3.63, 3.8) is 0 Å². The smallest absolute Gasteiger partial charge is 0.253 e. The summed E-state index contributed by atoms with van der Waals surface area (Å²) in [6, 6.07) is 13.0. The molecule has 1 aliphatic carbocycles. The van der Waals surface area contributed by atoms with Gasteiger partial charge < -0.3 is 4.90 Å². The highest BCUT2D eigenvalue weighted by Crippen LogP contribution is 2.26. The van der Waals surface area contributed by atoms with E-state index in [2.05, 4.69) is 0 Å². The molecule has 1 fully saturated rings. The van der Waals surface area contributed by atoms with Crippen molar-refractivity contribution in [1.82, 2.24) is 9.21 Å². The Morgan fingerprint density at radius 3 is 2.26 bits per heavy atom. The van der Waals surface area contributed by atoms with E-state index in [0.717, 1.165) is 30.4 Å². The lowest BCUT2D eigenvalue weighted by molar-refractivity contribution is 0.0698. The van der Waals surface area contributed by atoms with E-state index in [9.17, 15) is 13.2 Å². The number of nitrogens with zero attached hydrogens (tertiary/aromatic N) is 2. The summed E-state index contributed by atoms with van der Waals surface area (Å²) < 4.78 is 27.5. The molecule has 0 unspecified atom stereocenters. The number of amides is 1. The number of carbonyl (C=O) groups excluding carboxylic acids is 1. The molecule has 2 aromatic rings. The predicted molar refractivity (Wildman–Crippen MR) is 104 cm³/mol. The lowest BCUT2D eigenvalue weighted by Crippen LogP contribution is -2.50. The zero-order chi connectivity index (χ0) is 19.0. The van der Waals surface area contributed by atoms with Gasteiger partial charge in [0.15, 0.2) is 0 Å². The molecule has 1 saturated heterocycles. The van der Waals surface area contributed by atoms with Crippen molar-refractivity contribution in [2.75, 3.05) is 26.2 Å². The molecule has 0 spiro atoms. The summed E-state index contributed by atoms with van der Waals surface area (Å²) in [6.07, 6.45) is 3.09. The summed E-state index contributed by atoms with van der Waals surface area (Å²) in [4.78, 5) is 14.7. The Labute approximate surface area is 160 Å². The van der Waals surface area contributed by atoms with Crippen LogP contribution < -0.4 is 0 Å². The fourth-order valence-electron chi connectivity index (χ4n) is 3.87. The minimum absolute atomic E-state index is 0.0374. The van der Waals surface area contributed by atoms with E-state index >= 15 is 0 Å². The number of piperazine rings is 1. The summed E-state index contributed by atoms with van der Waals surface area (Å²) in [5, 5.41) is 0. The van der Waals surface area contributed by atoms with Gasteiger partial charge in [-0.1, -0.05) is 23.8 Å². The number of hydrogen-bond acceptors (Lipinski definition) is 3. The minimum atomic E-state index is -3.51. The largest absolute Gasteiger partial charge is 0.336 e. The van der Waals surface area contributed by atoms with Gasteiger partial charge in [0.1, 0.15) is 0 Å². The van der Waals surface area contributed by atoms with Gasteiger partial charge in [-0.15, -0.1) is 0 Å². The highest BCUT2D eigenvalue weighted by atomic mass is 32.2. The molecule has 0 N–H and O–H groups in total. The van der Waals surface area contributed by atoms with E-state index in [4.69, 9.17) is 0 Å². The second-order valence-electron chi connectivity index (χ2n) is 7.35. The number of sulfonamides is 1. The van der Waals surface area contributed by atoms with Crippen molar-refractivity contribution in [3.8, 4) is 0 Å². The molecular weight excluding hydrogens is 360 g/mol. The van der Waals surface area contributed by atoms with Gasteiger partial charge in [-0.2, -0.15) is 4.31 Å². The van der Waals surface area contributed by atoms with Crippen LogP contribution in [0.3, 0.4) is 0 Å². The van der Waals surface area contributed by atoms with E-state index in [1.807, 2.05) is 43.3 Å². The van der Waals surface area contributed by atoms with Crippen LogP contribution >= 0.6 is 0 Å². The molecule has 0 saturated carbocycles. The van der Waals surface area contributed by atoms with Crippen LogP contribution in [0.2, 0.25) is 0 Å². The first-order chi connectivity index (χ1) is 12.9. The summed E-state index contributed by atoms with van der Waals surface area (Å²) in [7, 11) is -3.51. The Balaban J connectivity index is 1.45. The van der Waals surface area contributed by atoms with Crippen LogP contribution in [0.1, 0.15) is 33.5 Å². The van der Waals surface area contributed by atoms with Crippen molar-refractivity contribution >= 4 is 15.9 Å². The molecule has 1 amide bonds. The molecule has 0 atom stereocenters. The zero-order valence-electron chi connectivity index (χ0n) is 15.5. The molecule has 142 valence electrons. The van der Waals surface area contributed by atoms with E-state index in [1.165, 1.54) is 9.87 Å². The minimum Gasteiger partial charge on any atom is -0.336 e. The third-order valence-corrected chi connectivity index (χ3v) is 7.43. The van der Waals surface area contributed by atoms with Crippen molar-refractivity contribution in [2.45, 2.75) is 31.1 Å². The van der Waals surface area contributed by atoms with Crippen molar-refractivity contribution in [2.24, 2.45) is 0 Å². The zero-order valence-corrected chi connectivity index (χ0v) is 16.3. The molecule has 1 heterocycles. The summed E-state index contributed by atoms with van der Waals surface area (Å²) in [5.41, 5.74) is 4.18. The fraction of sp³-hybridized carbons (Fsp3) is 0.381. The Morgan fingerprint density at radius 2 is 1.56 bits per heavy atom. The normalized spacial score (nSPS) is 17.7. The quantitative estimate of drug-likeness (QED) is 0.817. The first-order valence-corrected chi connectivity index (χ1v) is 10.9. The van der Waals surface area contributed by atoms with Gasteiger partial charge in [0.2, 0.25) is 10.0 Å². The van der Waals surface area contributed by atoms with E-state index < -0.39 is 10.0 Å². The van der Waals surface area contributed by atoms with Gasteiger partial charge in [0.25, 0.3) is 5.91 Å². The SMILES string of the molecule is Cc1ccc(C(=O)N2CCN(S(=O)(=O)c3ccc4c(c3)CCC4)CC2)cc1. The molecule has 6 heteroatoms. The van der Waals surface area contributed by atoms with Gasteiger partial charge in [0.05, 0.1) is 4.90 Å². The summed E-state index contributed by atoms with van der Waals surface area (Å²) in [6.45, 7) is 3.47. The molecule has 5 nitrogen and oxygen atoms in total. The Hall–Kier alpha value is -2.18. The van der Waals surface area contributed by atoms with Crippen LogP contribution in [0.25, 0.3) is 0 Å². The average molecular weight is 385 g/mol. The lowest BCUT2D eigenvalue weighted by Gasteiger charge is -2.34. The number of aryl methyl sites for hydroxylation is 3. The molecule has 2 aliphatic rings. The summed E-state index contributed by atoms with van der Waals surface area (Å²) in [5.74, 6) is -0.0374. The van der Waals surface area contributed by atoms with Crippen LogP contribution in [0.4, 0.5) is 0 Å². The number of benzene rings is 2. The maximum atomic E-state index is 13.0. The Bertz CT molecular complexity index is 959. The van der Waals surface area contributed by atoms with E-state index in [0.29, 0.717) is 36.6 Å². The molecular formula is C21H24N2O3S. The first-order valence-electron chi connectivity index (χ1n) is 9.43. The Kier molecular flexibility index (Phi) is 4.78. The highest BCUT2D eigenvalue weighted by Gasteiger charge is 2.31. The third-order valence-electron chi connectivity index (χ3n) is 5.53. The molecule has 0 aromatic heterocycles. The maximum absolute atomic E-state index is 13.0. The van der Waals surface area contributed by atoms with Crippen molar-refractivity contribution in [3.05, 3.63) is 64.7 Å². The maximum Gasteiger partial charge on any atom is 0.253 e. The molecule has 4 rings (SSSR count). The van der Waals surface area contributed by atoms with Crippen LogP contribution in [-0.2, 0) is 22.9 Å². The Morgan fingerprint density at radius 1 is 0.889 bits per heavy atom. The van der Waals surface area contributed by atoms with Gasteiger partial charge in [-0.25, -0.2) is 8.42 Å². The van der Waals surface area contributed by atoms with Crippen LogP contribution in [0.15, 0.2) is 47.4 Å². The number of carbonyl (C=O) groups is 1. The molecule has 0 bridgehead atoms. The topological polar surface area (TPSA) is 57.7 Å². The molecule has 0 radical (unpaired) electrons. The second kappa shape index (κ2) is 7.09. The van der Waals surface area contributed by atoms with Gasteiger partial charge in [-0.3, -0.25) is 4.79 Å².